The van der Waals surface area contributed by atoms with Gasteiger partial charge in [0.2, 0.25) is 5.75 Å². The Hall–Kier alpha value is -2.48. The summed E-state index contributed by atoms with van der Waals surface area (Å²) in [5.74, 6) is 1.24. The van der Waals surface area contributed by atoms with Crippen LogP contribution in [0.15, 0.2) is 30.3 Å². The lowest BCUT2D eigenvalue weighted by Gasteiger charge is -2.20. The maximum Gasteiger partial charge on any atom is 0.337 e. The van der Waals surface area contributed by atoms with Gasteiger partial charge in [-0.25, -0.2) is 4.79 Å². The lowest BCUT2D eigenvalue weighted by Crippen LogP contribution is -2.11. The van der Waals surface area contributed by atoms with Crippen LogP contribution in [0.25, 0.3) is 0 Å². The third kappa shape index (κ3) is 5.78. The molecule has 2 aromatic carbocycles. The number of methoxy groups -OCH3 is 5. The van der Waals surface area contributed by atoms with E-state index in [9.17, 15) is 4.79 Å². The van der Waals surface area contributed by atoms with Crippen LogP contribution in [0.2, 0.25) is 5.02 Å². The van der Waals surface area contributed by atoms with Crippen LogP contribution in [0, 0.1) is 0 Å². The van der Waals surface area contributed by atoms with E-state index in [-0.39, 0.29) is 6.79 Å². The number of aryl methyl sites for hydroxylation is 1. The first-order valence-corrected chi connectivity index (χ1v) is 9.64. The fourth-order valence-corrected chi connectivity index (χ4v) is 3.33. The van der Waals surface area contributed by atoms with Gasteiger partial charge >= 0.3 is 5.97 Å². The second kappa shape index (κ2) is 11.6. The van der Waals surface area contributed by atoms with Gasteiger partial charge in [0.15, 0.2) is 11.5 Å². The highest BCUT2D eigenvalue weighted by Crippen LogP contribution is 2.39. The van der Waals surface area contributed by atoms with Gasteiger partial charge < -0.3 is 28.4 Å². The Morgan fingerprint density at radius 2 is 1.63 bits per heavy atom. The number of hydrogen-bond acceptors (Lipinski definition) is 7. The fourth-order valence-electron chi connectivity index (χ4n) is 3.09. The minimum absolute atomic E-state index is 0.0820. The average molecular weight is 439 g/mol. The summed E-state index contributed by atoms with van der Waals surface area (Å²) in [6.45, 7) is 0.0820. The Kier molecular flexibility index (Phi) is 9.23. The van der Waals surface area contributed by atoms with E-state index in [1.54, 1.807) is 46.6 Å². The second-order valence-electron chi connectivity index (χ2n) is 6.36. The highest BCUT2D eigenvalue weighted by atomic mass is 35.5. The number of benzene rings is 2. The lowest BCUT2D eigenvalue weighted by atomic mass is 9.99. The summed E-state index contributed by atoms with van der Waals surface area (Å²) in [7, 11) is 7.58. The first-order valence-electron chi connectivity index (χ1n) is 9.26. The van der Waals surface area contributed by atoms with Crippen molar-refractivity contribution >= 4 is 17.6 Å². The zero-order valence-electron chi connectivity index (χ0n) is 17.8. The van der Waals surface area contributed by atoms with Crippen molar-refractivity contribution in [2.45, 2.75) is 18.9 Å². The quantitative estimate of drug-likeness (QED) is 0.379. The molecule has 0 unspecified atom stereocenters. The third-order valence-corrected chi connectivity index (χ3v) is 4.91. The molecule has 2 aromatic rings. The summed E-state index contributed by atoms with van der Waals surface area (Å²) in [5.41, 5.74) is 2.05. The standard InChI is InChI=1S/C22H27ClO7/c1-25-13-30-18(16-12-15(22(24)29-5)7-8-17(16)23)9-6-14-10-19(26-2)21(28-4)20(11-14)27-3/h7-8,10-12,18H,6,9,13H2,1-5H3/t18-/m1/s1. The summed E-state index contributed by atoms with van der Waals surface area (Å²) in [4.78, 5) is 11.9. The van der Waals surface area contributed by atoms with Crippen LogP contribution in [0.3, 0.4) is 0 Å². The van der Waals surface area contributed by atoms with E-state index in [4.69, 9.17) is 40.0 Å². The number of carbonyl (C=O) groups excluding carboxylic acids is 1. The van der Waals surface area contributed by atoms with Crippen LogP contribution in [0.5, 0.6) is 17.2 Å². The molecule has 0 heterocycles. The minimum atomic E-state index is -0.442. The average Bonchev–Trinajstić information content (AvgIpc) is 2.78. The fraction of sp³-hybridized carbons (Fsp3) is 0.409. The Morgan fingerprint density at radius 1 is 0.967 bits per heavy atom. The van der Waals surface area contributed by atoms with Gasteiger partial charge in [0.25, 0.3) is 0 Å². The molecule has 0 saturated heterocycles. The Morgan fingerprint density at radius 3 is 2.17 bits per heavy atom. The van der Waals surface area contributed by atoms with E-state index in [2.05, 4.69) is 0 Å². The van der Waals surface area contributed by atoms with E-state index >= 15 is 0 Å². The molecule has 7 nitrogen and oxygen atoms in total. The maximum atomic E-state index is 11.9. The number of carbonyl (C=O) groups is 1. The van der Waals surface area contributed by atoms with Gasteiger partial charge in [-0.2, -0.15) is 0 Å². The van der Waals surface area contributed by atoms with Crippen molar-refractivity contribution in [3.8, 4) is 17.2 Å². The molecule has 0 fully saturated rings. The van der Waals surface area contributed by atoms with Crippen molar-refractivity contribution in [3.63, 3.8) is 0 Å². The van der Waals surface area contributed by atoms with Crippen molar-refractivity contribution in [2.75, 3.05) is 42.3 Å². The van der Waals surface area contributed by atoms with Crippen molar-refractivity contribution in [1.82, 2.24) is 0 Å². The van der Waals surface area contributed by atoms with Gasteiger partial charge in [-0.1, -0.05) is 11.6 Å². The molecule has 0 amide bonds. The molecule has 0 N–H and O–H groups in total. The molecule has 0 aromatic heterocycles. The molecule has 0 radical (unpaired) electrons. The number of ether oxygens (including phenoxy) is 6. The molecule has 0 aliphatic carbocycles. The van der Waals surface area contributed by atoms with E-state index in [0.717, 1.165) is 5.56 Å². The van der Waals surface area contributed by atoms with Gasteiger partial charge in [-0.3, -0.25) is 0 Å². The highest BCUT2D eigenvalue weighted by Gasteiger charge is 2.20. The number of hydrogen-bond donors (Lipinski definition) is 0. The van der Waals surface area contributed by atoms with Crippen molar-refractivity contribution < 1.29 is 33.2 Å². The molecule has 164 valence electrons. The maximum absolute atomic E-state index is 11.9. The van der Waals surface area contributed by atoms with Gasteiger partial charge in [-0.15, -0.1) is 0 Å². The molecular weight excluding hydrogens is 412 g/mol. The van der Waals surface area contributed by atoms with E-state index in [1.165, 1.54) is 7.11 Å². The van der Waals surface area contributed by atoms with E-state index in [1.807, 2.05) is 12.1 Å². The normalized spacial score (nSPS) is 11.7. The number of halogens is 1. The van der Waals surface area contributed by atoms with Gasteiger partial charge in [0.1, 0.15) is 6.79 Å². The summed E-state index contributed by atoms with van der Waals surface area (Å²) < 4.78 is 32.0. The molecule has 0 bridgehead atoms. The van der Waals surface area contributed by atoms with E-state index < -0.39 is 12.1 Å². The van der Waals surface area contributed by atoms with Crippen LogP contribution in [-0.4, -0.2) is 48.3 Å². The van der Waals surface area contributed by atoms with Crippen LogP contribution >= 0.6 is 11.6 Å². The smallest absolute Gasteiger partial charge is 0.337 e. The molecule has 1 atom stereocenters. The van der Waals surface area contributed by atoms with Crippen molar-refractivity contribution in [2.24, 2.45) is 0 Å². The zero-order chi connectivity index (χ0) is 22.1. The zero-order valence-corrected chi connectivity index (χ0v) is 18.6. The largest absolute Gasteiger partial charge is 0.493 e. The first kappa shape index (κ1) is 23.8. The van der Waals surface area contributed by atoms with Crippen LogP contribution in [-0.2, 0) is 20.6 Å². The molecule has 2 rings (SSSR count). The molecule has 0 aliphatic heterocycles. The summed E-state index contributed by atoms with van der Waals surface area (Å²) >= 11 is 6.40. The Balaban J connectivity index is 2.31. The SMILES string of the molecule is COCO[C@H](CCc1cc(OC)c(OC)c(OC)c1)c1cc(C(=O)OC)ccc1Cl. The molecule has 0 saturated carbocycles. The van der Waals surface area contributed by atoms with Crippen molar-refractivity contribution in [1.29, 1.82) is 0 Å². The summed E-state index contributed by atoms with van der Waals surface area (Å²) in [6, 6.07) is 8.74. The Bertz CT molecular complexity index is 828. The minimum Gasteiger partial charge on any atom is -0.493 e. The lowest BCUT2D eigenvalue weighted by molar-refractivity contribution is -0.0756. The van der Waals surface area contributed by atoms with E-state index in [0.29, 0.717) is 46.2 Å². The molecule has 8 heteroatoms. The number of rotatable bonds is 11. The Labute approximate surface area is 181 Å². The first-order chi connectivity index (χ1) is 14.5. The molecule has 0 aliphatic rings. The van der Waals surface area contributed by atoms with Gasteiger partial charge in [-0.05, 0) is 48.7 Å². The molecule has 0 spiro atoms. The third-order valence-electron chi connectivity index (χ3n) is 4.57. The highest BCUT2D eigenvalue weighted by molar-refractivity contribution is 6.31. The predicted molar refractivity (Wildman–Crippen MR) is 113 cm³/mol. The summed E-state index contributed by atoms with van der Waals surface area (Å²) in [5, 5.41) is 0.494. The second-order valence-corrected chi connectivity index (χ2v) is 6.77. The predicted octanol–water partition coefficient (Wildman–Crippen LogP) is 4.45. The van der Waals surface area contributed by atoms with Crippen LogP contribution < -0.4 is 14.2 Å². The van der Waals surface area contributed by atoms with Crippen LogP contribution in [0.1, 0.15) is 34.0 Å². The molecule has 30 heavy (non-hydrogen) atoms. The van der Waals surface area contributed by atoms with Gasteiger partial charge in [0, 0.05) is 17.7 Å². The number of esters is 1. The van der Waals surface area contributed by atoms with Crippen LogP contribution in [0.4, 0.5) is 0 Å². The van der Waals surface area contributed by atoms with Crippen molar-refractivity contribution in [3.05, 3.63) is 52.0 Å². The monoisotopic (exact) mass is 438 g/mol. The topological polar surface area (TPSA) is 72.5 Å². The summed E-state index contributed by atoms with van der Waals surface area (Å²) in [6.07, 6.45) is 0.803. The molecular formula is C22H27ClO7. The van der Waals surface area contributed by atoms with Gasteiger partial charge in [0.05, 0.1) is 40.1 Å².